The van der Waals surface area contributed by atoms with E-state index in [9.17, 15) is 9.59 Å². The normalized spacial score (nSPS) is 18.5. The standard InChI is InChI=1S/C12H13NO3/c1-3-16-12(15)10-11(14)8-6-4-5-7-9(8)13(10)2/h4-7,10H,3H2,1-2H3. The lowest BCUT2D eigenvalue weighted by Crippen LogP contribution is -2.40. The van der Waals surface area contributed by atoms with Crippen molar-refractivity contribution in [2.24, 2.45) is 0 Å². The molecule has 0 aromatic heterocycles. The molecule has 0 spiro atoms. The second-order valence-electron chi connectivity index (χ2n) is 3.65. The van der Waals surface area contributed by atoms with E-state index in [1.807, 2.05) is 12.1 Å². The zero-order chi connectivity index (χ0) is 11.7. The SMILES string of the molecule is CCOC(=O)C1C(=O)c2ccccc2N1C. The Bertz CT molecular complexity index is 442. The number of Topliss-reactive ketones (excluding diaryl/α,β-unsaturated/α-hetero) is 1. The van der Waals surface area contributed by atoms with Gasteiger partial charge in [0.05, 0.1) is 6.61 Å². The lowest BCUT2D eigenvalue weighted by atomic mass is 10.1. The molecule has 0 N–H and O–H groups in total. The highest BCUT2D eigenvalue weighted by molar-refractivity contribution is 6.20. The van der Waals surface area contributed by atoms with Gasteiger partial charge in [-0.2, -0.15) is 0 Å². The smallest absolute Gasteiger partial charge is 0.336 e. The van der Waals surface area contributed by atoms with Crippen LogP contribution in [0.1, 0.15) is 17.3 Å². The van der Waals surface area contributed by atoms with Crippen molar-refractivity contribution in [2.75, 3.05) is 18.6 Å². The van der Waals surface area contributed by atoms with Crippen molar-refractivity contribution in [3.63, 3.8) is 0 Å². The van der Waals surface area contributed by atoms with E-state index in [0.717, 1.165) is 5.69 Å². The maximum absolute atomic E-state index is 12.0. The fraction of sp³-hybridized carbons (Fsp3) is 0.333. The summed E-state index contributed by atoms with van der Waals surface area (Å²) in [4.78, 5) is 25.3. The quantitative estimate of drug-likeness (QED) is 0.554. The lowest BCUT2D eigenvalue weighted by Gasteiger charge is -2.19. The predicted octanol–water partition coefficient (Wildman–Crippen LogP) is 1.25. The number of fused-ring (bicyclic) bond motifs is 1. The van der Waals surface area contributed by atoms with Gasteiger partial charge in [-0.15, -0.1) is 0 Å². The summed E-state index contributed by atoms with van der Waals surface area (Å²) in [6, 6.07) is 6.37. The first-order chi connectivity index (χ1) is 7.66. The van der Waals surface area contributed by atoms with Crippen molar-refractivity contribution < 1.29 is 14.3 Å². The number of hydrogen-bond donors (Lipinski definition) is 0. The number of benzene rings is 1. The number of carbonyl (C=O) groups excluding carboxylic acids is 2. The van der Waals surface area contributed by atoms with Crippen LogP contribution in [0.3, 0.4) is 0 Å². The molecule has 4 nitrogen and oxygen atoms in total. The minimum absolute atomic E-state index is 0.184. The van der Waals surface area contributed by atoms with E-state index in [4.69, 9.17) is 4.74 Å². The molecule has 0 fully saturated rings. The molecule has 1 heterocycles. The van der Waals surface area contributed by atoms with Gasteiger partial charge in [0, 0.05) is 18.3 Å². The molecule has 0 aliphatic carbocycles. The maximum Gasteiger partial charge on any atom is 0.336 e. The van der Waals surface area contributed by atoms with Gasteiger partial charge in [0.15, 0.2) is 11.8 Å². The van der Waals surface area contributed by atoms with Crippen LogP contribution < -0.4 is 4.90 Å². The number of esters is 1. The molecule has 2 rings (SSSR count). The highest BCUT2D eigenvalue weighted by Gasteiger charge is 2.40. The molecule has 0 saturated heterocycles. The summed E-state index contributed by atoms with van der Waals surface area (Å²) in [6.07, 6.45) is 0. The Hall–Kier alpha value is -1.84. The van der Waals surface area contributed by atoms with Crippen molar-refractivity contribution >= 4 is 17.4 Å². The average Bonchev–Trinajstić information content (AvgIpc) is 2.53. The average molecular weight is 219 g/mol. The third-order valence-corrected chi connectivity index (χ3v) is 2.70. The molecule has 1 unspecified atom stereocenters. The number of nitrogens with zero attached hydrogens (tertiary/aromatic N) is 1. The van der Waals surface area contributed by atoms with Gasteiger partial charge in [-0.1, -0.05) is 12.1 Å². The third-order valence-electron chi connectivity index (χ3n) is 2.70. The summed E-state index contributed by atoms with van der Waals surface area (Å²) in [5.74, 6) is -0.664. The molecule has 1 atom stereocenters. The fourth-order valence-electron chi connectivity index (χ4n) is 1.94. The summed E-state index contributed by atoms with van der Waals surface area (Å²) >= 11 is 0. The molecule has 1 aliphatic rings. The Morgan fingerprint density at radius 1 is 1.44 bits per heavy atom. The number of hydrogen-bond acceptors (Lipinski definition) is 4. The van der Waals surface area contributed by atoms with E-state index in [0.29, 0.717) is 5.56 Å². The molecule has 16 heavy (non-hydrogen) atoms. The van der Waals surface area contributed by atoms with Crippen molar-refractivity contribution in [1.29, 1.82) is 0 Å². The van der Waals surface area contributed by atoms with Gasteiger partial charge in [-0.05, 0) is 19.1 Å². The molecule has 0 amide bonds. The molecule has 1 aromatic rings. The van der Waals surface area contributed by atoms with E-state index < -0.39 is 12.0 Å². The summed E-state index contributed by atoms with van der Waals surface area (Å²) in [5, 5.41) is 0. The van der Waals surface area contributed by atoms with Gasteiger partial charge >= 0.3 is 5.97 Å². The Balaban J connectivity index is 2.35. The number of para-hydroxylation sites is 1. The monoisotopic (exact) mass is 219 g/mol. The van der Waals surface area contributed by atoms with Gasteiger partial charge in [-0.25, -0.2) is 4.79 Å². The highest BCUT2D eigenvalue weighted by atomic mass is 16.5. The maximum atomic E-state index is 12.0. The van der Waals surface area contributed by atoms with E-state index in [2.05, 4.69) is 0 Å². The molecule has 0 radical (unpaired) electrons. The zero-order valence-electron chi connectivity index (χ0n) is 9.27. The second-order valence-corrected chi connectivity index (χ2v) is 3.65. The van der Waals surface area contributed by atoms with Crippen molar-refractivity contribution in [2.45, 2.75) is 13.0 Å². The number of ketones is 1. The zero-order valence-corrected chi connectivity index (χ0v) is 9.27. The first-order valence-corrected chi connectivity index (χ1v) is 5.19. The molecule has 0 saturated carbocycles. The topological polar surface area (TPSA) is 46.6 Å². The van der Waals surface area contributed by atoms with Crippen molar-refractivity contribution in [3.8, 4) is 0 Å². The van der Waals surface area contributed by atoms with Gasteiger partial charge < -0.3 is 9.64 Å². The van der Waals surface area contributed by atoms with Gasteiger partial charge in [0.2, 0.25) is 0 Å². The second kappa shape index (κ2) is 3.96. The minimum atomic E-state index is -0.822. The number of likely N-dealkylation sites (N-methyl/N-ethyl adjacent to an activating group) is 1. The van der Waals surface area contributed by atoms with Gasteiger partial charge in [0.25, 0.3) is 0 Å². The Morgan fingerprint density at radius 2 is 2.12 bits per heavy atom. The van der Waals surface area contributed by atoms with Crippen molar-refractivity contribution in [1.82, 2.24) is 0 Å². The van der Waals surface area contributed by atoms with Crippen LogP contribution in [-0.2, 0) is 9.53 Å². The first-order valence-electron chi connectivity index (χ1n) is 5.19. The predicted molar refractivity (Wildman–Crippen MR) is 59.6 cm³/mol. The van der Waals surface area contributed by atoms with Crippen LogP contribution in [0.5, 0.6) is 0 Å². The highest BCUT2D eigenvalue weighted by Crippen LogP contribution is 2.30. The van der Waals surface area contributed by atoms with Crippen LogP contribution in [-0.4, -0.2) is 31.4 Å². The van der Waals surface area contributed by atoms with E-state index in [1.54, 1.807) is 31.0 Å². The molecular weight excluding hydrogens is 206 g/mol. The Labute approximate surface area is 93.8 Å². The van der Waals surface area contributed by atoms with Gasteiger partial charge in [0.1, 0.15) is 0 Å². The molecule has 1 aliphatic heterocycles. The molecule has 4 heteroatoms. The van der Waals surface area contributed by atoms with Crippen LogP contribution in [0, 0.1) is 0 Å². The Kier molecular flexibility index (Phi) is 2.64. The number of anilines is 1. The van der Waals surface area contributed by atoms with E-state index >= 15 is 0 Å². The molecule has 84 valence electrons. The van der Waals surface area contributed by atoms with Crippen molar-refractivity contribution in [3.05, 3.63) is 29.8 Å². The van der Waals surface area contributed by atoms with Gasteiger partial charge in [-0.3, -0.25) is 4.79 Å². The van der Waals surface area contributed by atoms with Crippen LogP contribution in [0.25, 0.3) is 0 Å². The number of ether oxygens (including phenoxy) is 1. The first kappa shape index (κ1) is 10.7. The van der Waals surface area contributed by atoms with Crippen LogP contribution in [0.15, 0.2) is 24.3 Å². The summed E-state index contributed by atoms with van der Waals surface area (Å²) < 4.78 is 4.90. The lowest BCUT2D eigenvalue weighted by molar-refractivity contribution is -0.143. The van der Waals surface area contributed by atoms with Crippen LogP contribution >= 0.6 is 0 Å². The number of carbonyl (C=O) groups is 2. The van der Waals surface area contributed by atoms with E-state index in [1.165, 1.54) is 0 Å². The molecule has 0 bridgehead atoms. The largest absolute Gasteiger partial charge is 0.464 e. The minimum Gasteiger partial charge on any atom is -0.464 e. The summed E-state index contributed by atoms with van der Waals surface area (Å²) in [6.45, 7) is 2.01. The van der Waals surface area contributed by atoms with Crippen LogP contribution in [0.4, 0.5) is 5.69 Å². The number of rotatable bonds is 2. The Morgan fingerprint density at radius 3 is 2.75 bits per heavy atom. The third kappa shape index (κ3) is 1.46. The van der Waals surface area contributed by atoms with Crippen LogP contribution in [0.2, 0.25) is 0 Å². The summed E-state index contributed by atoms with van der Waals surface area (Å²) in [7, 11) is 1.73. The fourth-order valence-corrected chi connectivity index (χ4v) is 1.94. The molecule has 1 aromatic carbocycles. The summed E-state index contributed by atoms with van der Waals surface area (Å²) in [5.41, 5.74) is 1.37. The van der Waals surface area contributed by atoms with E-state index in [-0.39, 0.29) is 12.4 Å². The molecular formula is C12H13NO3.